The maximum atomic E-state index is 2.61. The van der Waals surface area contributed by atoms with Crippen molar-refractivity contribution in [1.29, 1.82) is 0 Å². The smallest absolute Gasteiger partial charge is 0.0125 e. The lowest BCUT2D eigenvalue weighted by molar-refractivity contribution is 0.148. The minimum Gasteiger partial charge on any atom is -0.298 e. The SMILES string of the molecule is C.CC.CC(C)(C)C1CCN(C(C)(C)C)C1. The molecule has 1 aliphatic heterocycles. The van der Waals surface area contributed by atoms with Crippen molar-refractivity contribution in [1.82, 2.24) is 4.90 Å². The standard InChI is InChI=1S/C12H25N.C2H6.CH4/c1-11(2,3)10-7-8-13(9-10)12(4,5)6;1-2;/h10H,7-9H2,1-6H3;1-2H3;1H4. The highest BCUT2D eigenvalue weighted by molar-refractivity contribution is 4.89. The van der Waals surface area contributed by atoms with Gasteiger partial charge in [0.2, 0.25) is 0 Å². The van der Waals surface area contributed by atoms with Gasteiger partial charge in [0.25, 0.3) is 0 Å². The van der Waals surface area contributed by atoms with Crippen LogP contribution in [0.5, 0.6) is 0 Å². The Bertz CT molecular complexity index is 151. The summed E-state index contributed by atoms with van der Waals surface area (Å²) in [6.45, 7) is 20.6. The van der Waals surface area contributed by atoms with Gasteiger partial charge in [-0.25, -0.2) is 0 Å². The molecule has 0 bridgehead atoms. The van der Waals surface area contributed by atoms with E-state index in [0.29, 0.717) is 11.0 Å². The molecule has 1 aliphatic rings. The molecule has 100 valence electrons. The van der Waals surface area contributed by atoms with Crippen molar-refractivity contribution >= 4 is 0 Å². The number of hydrogen-bond donors (Lipinski definition) is 0. The van der Waals surface area contributed by atoms with E-state index in [4.69, 9.17) is 0 Å². The van der Waals surface area contributed by atoms with Crippen molar-refractivity contribution in [3.63, 3.8) is 0 Å². The van der Waals surface area contributed by atoms with E-state index in [2.05, 4.69) is 46.4 Å². The first-order chi connectivity index (χ1) is 6.71. The fourth-order valence-corrected chi connectivity index (χ4v) is 2.08. The van der Waals surface area contributed by atoms with Gasteiger partial charge in [-0.15, -0.1) is 0 Å². The summed E-state index contributed by atoms with van der Waals surface area (Å²) >= 11 is 0. The van der Waals surface area contributed by atoms with Crippen LogP contribution in [0.25, 0.3) is 0 Å². The molecule has 0 saturated carbocycles. The van der Waals surface area contributed by atoms with Gasteiger partial charge in [-0.3, -0.25) is 4.90 Å². The van der Waals surface area contributed by atoms with E-state index in [1.54, 1.807) is 0 Å². The second kappa shape index (κ2) is 6.64. The summed E-state index contributed by atoms with van der Waals surface area (Å²) < 4.78 is 0. The monoisotopic (exact) mass is 229 g/mol. The van der Waals surface area contributed by atoms with E-state index < -0.39 is 0 Å². The predicted octanol–water partition coefficient (Wildman–Crippen LogP) is 4.82. The third-order valence-electron chi connectivity index (χ3n) is 3.36. The van der Waals surface area contributed by atoms with E-state index >= 15 is 0 Å². The summed E-state index contributed by atoms with van der Waals surface area (Å²) in [5, 5.41) is 0. The first-order valence-corrected chi connectivity index (χ1v) is 6.46. The molecule has 0 spiro atoms. The zero-order chi connectivity index (χ0) is 12.3. The molecule has 0 aromatic heterocycles. The molecule has 0 aromatic rings. The lowest BCUT2D eigenvalue weighted by Crippen LogP contribution is -2.40. The molecular formula is C15H35N. The fraction of sp³-hybridized carbons (Fsp3) is 1.00. The van der Waals surface area contributed by atoms with Gasteiger partial charge in [0, 0.05) is 12.1 Å². The Balaban J connectivity index is 0. The van der Waals surface area contributed by atoms with E-state index in [1.165, 1.54) is 19.5 Å². The van der Waals surface area contributed by atoms with Crippen molar-refractivity contribution < 1.29 is 0 Å². The molecule has 1 unspecified atom stereocenters. The van der Waals surface area contributed by atoms with Gasteiger partial charge in [0.15, 0.2) is 0 Å². The quantitative estimate of drug-likeness (QED) is 0.576. The van der Waals surface area contributed by atoms with Crippen molar-refractivity contribution in [3.8, 4) is 0 Å². The van der Waals surface area contributed by atoms with Crippen LogP contribution in [-0.2, 0) is 0 Å². The molecule has 16 heavy (non-hydrogen) atoms. The highest BCUT2D eigenvalue weighted by Crippen LogP contribution is 2.35. The van der Waals surface area contributed by atoms with Gasteiger partial charge in [-0.05, 0) is 45.1 Å². The molecule has 0 N–H and O–H groups in total. The lowest BCUT2D eigenvalue weighted by Gasteiger charge is -2.33. The average Bonchev–Trinajstić information content (AvgIpc) is 2.53. The number of nitrogens with zero attached hydrogens (tertiary/aromatic N) is 1. The molecule has 0 aliphatic carbocycles. The fourth-order valence-electron chi connectivity index (χ4n) is 2.08. The van der Waals surface area contributed by atoms with Crippen LogP contribution < -0.4 is 0 Å². The Labute approximate surface area is 105 Å². The van der Waals surface area contributed by atoms with Crippen molar-refractivity contribution in [3.05, 3.63) is 0 Å². The molecule has 1 heterocycles. The summed E-state index contributed by atoms with van der Waals surface area (Å²) in [7, 11) is 0. The largest absolute Gasteiger partial charge is 0.298 e. The van der Waals surface area contributed by atoms with Crippen LogP contribution in [0, 0.1) is 11.3 Å². The van der Waals surface area contributed by atoms with Gasteiger partial charge in [0.1, 0.15) is 0 Å². The molecule has 0 radical (unpaired) electrons. The average molecular weight is 229 g/mol. The number of hydrogen-bond acceptors (Lipinski definition) is 1. The Kier molecular flexibility index (Phi) is 7.60. The lowest BCUT2D eigenvalue weighted by atomic mass is 9.80. The van der Waals surface area contributed by atoms with Crippen LogP contribution in [0.1, 0.15) is 69.2 Å². The number of likely N-dealkylation sites (tertiary alicyclic amines) is 1. The van der Waals surface area contributed by atoms with Crippen molar-refractivity contribution in [2.75, 3.05) is 13.1 Å². The van der Waals surface area contributed by atoms with Gasteiger partial charge >= 0.3 is 0 Å². The van der Waals surface area contributed by atoms with Gasteiger partial charge in [-0.2, -0.15) is 0 Å². The van der Waals surface area contributed by atoms with Crippen LogP contribution in [0.3, 0.4) is 0 Å². The van der Waals surface area contributed by atoms with Crippen molar-refractivity contribution in [2.45, 2.75) is 74.8 Å². The second-order valence-corrected chi connectivity index (χ2v) is 6.47. The molecule has 0 aromatic carbocycles. The predicted molar refractivity (Wildman–Crippen MR) is 77.0 cm³/mol. The van der Waals surface area contributed by atoms with Crippen LogP contribution in [0.4, 0.5) is 0 Å². The number of rotatable bonds is 0. The third kappa shape index (κ3) is 5.34. The Morgan fingerprint density at radius 2 is 1.38 bits per heavy atom. The normalized spacial score (nSPS) is 22.1. The van der Waals surface area contributed by atoms with Crippen LogP contribution >= 0.6 is 0 Å². The van der Waals surface area contributed by atoms with Gasteiger partial charge in [0.05, 0.1) is 0 Å². The van der Waals surface area contributed by atoms with Crippen molar-refractivity contribution in [2.24, 2.45) is 11.3 Å². The summed E-state index contributed by atoms with van der Waals surface area (Å²) in [5.41, 5.74) is 0.847. The molecular weight excluding hydrogens is 194 g/mol. The molecule has 1 atom stereocenters. The minimum atomic E-state index is 0. The molecule has 1 rings (SSSR count). The maximum Gasteiger partial charge on any atom is 0.0125 e. The molecule has 1 saturated heterocycles. The van der Waals surface area contributed by atoms with Gasteiger partial charge in [-0.1, -0.05) is 42.0 Å². The topological polar surface area (TPSA) is 3.24 Å². The first-order valence-electron chi connectivity index (χ1n) is 6.46. The Hall–Kier alpha value is -0.0400. The Morgan fingerprint density at radius 3 is 1.56 bits per heavy atom. The summed E-state index contributed by atoms with van der Waals surface area (Å²) in [5.74, 6) is 0.881. The molecule has 1 nitrogen and oxygen atoms in total. The van der Waals surface area contributed by atoms with E-state index in [9.17, 15) is 0 Å². The zero-order valence-corrected chi connectivity index (χ0v) is 12.1. The molecule has 1 fully saturated rings. The highest BCUT2D eigenvalue weighted by atomic mass is 15.2. The van der Waals surface area contributed by atoms with E-state index in [1.807, 2.05) is 13.8 Å². The first kappa shape index (κ1) is 18.3. The Morgan fingerprint density at radius 1 is 0.938 bits per heavy atom. The second-order valence-electron chi connectivity index (χ2n) is 6.47. The van der Waals surface area contributed by atoms with E-state index in [0.717, 1.165) is 5.92 Å². The van der Waals surface area contributed by atoms with E-state index in [-0.39, 0.29) is 7.43 Å². The zero-order valence-electron chi connectivity index (χ0n) is 12.1. The highest BCUT2D eigenvalue weighted by Gasteiger charge is 2.35. The summed E-state index contributed by atoms with van der Waals surface area (Å²) in [4.78, 5) is 2.61. The summed E-state index contributed by atoms with van der Waals surface area (Å²) in [6.07, 6.45) is 1.38. The van der Waals surface area contributed by atoms with Gasteiger partial charge < -0.3 is 0 Å². The van der Waals surface area contributed by atoms with Crippen LogP contribution in [0.15, 0.2) is 0 Å². The summed E-state index contributed by atoms with van der Waals surface area (Å²) in [6, 6.07) is 0. The molecule has 1 heteroatoms. The third-order valence-corrected chi connectivity index (χ3v) is 3.36. The van der Waals surface area contributed by atoms with Crippen LogP contribution in [-0.4, -0.2) is 23.5 Å². The minimum absolute atomic E-state index is 0. The molecule has 0 amide bonds. The van der Waals surface area contributed by atoms with Crippen LogP contribution in [0.2, 0.25) is 0 Å². The maximum absolute atomic E-state index is 2.61.